The molecule has 13 heavy (non-hydrogen) atoms. The Bertz CT molecular complexity index is 149. The summed E-state index contributed by atoms with van der Waals surface area (Å²) >= 11 is 3.90. The molecule has 1 unspecified atom stereocenters. The van der Waals surface area contributed by atoms with Crippen LogP contribution in [-0.2, 0) is 4.79 Å². The molecule has 0 rings (SSSR count). The average molecular weight is 204 g/mol. The molecule has 1 atom stereocenters. The Morgan fingerprint density at radius 1 is 1.46 bits per heavy atom. The molecule has 0 heterocycles. The summed E-state index contributed by atoms with van der Waals surface area (Å²) in [6, 6.07) is 0.208. The molecule has 0 saturated carbocycles. The summed E-state index contributed by atoms with van der Waals surface area (Å²) in [5, 5.41) is 2.87. The molecule has 0 bridgehead atoms. The third kappa shape index (κ3) is 5.93. The van der Waals surface area contributed by atoms with Crippen molar-refractivity contribution in [2.75, 3.05) is 25.4 Å². The fourth-order valence-corrected chi connectivity index (χ4v) is 1.33. The van der Waals surface area contributed by atoms with Gasteiger partial charge in [-0.2, -0.15) is 12.6 Å². The first-order valence-corrected chi connectivity index (χ1v) is 5.39. The van der Waals surface area contributed by atoms with E-state index < -0.39 is 0 Å². The van der Waals surface area contributed by atoms with Crippen molar-refractivity contribution < 1.29 is 4.79 Å². The van der Waals surface area contributed by atoms with Crippen molar-refractivity contribution in [3.05, 3.63) is 0 Å². The van der Waals surface area contributed by atoms with Crippen molar-refractivity contribution in [3.8, 4) is 0 Å². The molecule has 0 aliphatic carbocycles. The number of nitrogens with one attached hydrogen (secondary N) is 1. The Balaban J connectivity index is 3.71. The highest BCUT2D eigenvalue weighted by Gasteiger charge is 2.08. The number of thiol groups is 1. The zero-order valence-corrected chi connectivity index (χ0v) is 9.60. The highest BCUT2D eigenvalue weighted by molar-refractivity contribution is 7.81. The van der Waals surface area contributed by atoms with Gasteiger partial charge in [0.25, 0.3) is 0 Å². The van der Waals surface area contributed by atoms with E-state index in [0.29, 0.717) is 0 Å². The zero-order chi connectivity index (χ0) is 10.3. The highest BCUT2D eigenvalue weighted by atomic mass is 32.1. The molecule has 1 N–H and O–H groups in total. The van der Waals surface area contributed by atoms with Crippen LogP contribution in [0.15, 0.2) is 0 Å². The van der Waals surface area contributed by atoms with Crippen LogP contribution in [0.2, 0.25) is 0 Å². The van der Waals surface area contributed by atoms with Crippen LogP contribution in [0.4, 0.5) is 0 Å². The molecule has 0 aromatic heterocycles. The number of amides is 1. The predicted octanol–water partition coefficient (Wildman–Crippen LogP) is 0.763. The van der Waals surface area contributed by atoms with Gasteiger partial charge in [0, 0.05) is 12.6 Å². The van der Waals surface area contributed by atoms with Crippen LogP contribution in [0, 0.1) is 0 Å². The fraction of sp³-hybridized carbons (Fsp3) is 0.889. The standard InChI is InChI=1S/C9H20N2OS/c1-4-11(5-2)6-8(3)10-9(12)7-13/h8,13H,4-7H2,1-3H3,(H,10,12). The third-order valence-corrected chi connectivity index (χ3v) is 2.26. The quantitative estimate of drug-likeness (QED) is 0.626. The van der Waals surface area contributed by atoms with Gasteiger partial charge in [-0.3, -0.25) is 4.79 Å². The van der Waals surface area contributed by atoms with Gasteiger partial charge in [-0.05, 0) is 20.0 Å². The molecule has 0 aliphatic rings. The Morgan fingerprint density at radius 3 is 2.38 bits per heavy atom. The number of carbonyl (C=O) groups excluding carboxylic acids is 1. The van der Waals surface area contributed by atoms with Crippen LogP contribution in [0.1, 0.15) is 20.8 Å². The molecule has 0 aromatic rings. The lowest BCUT2D eigenvalue weighted by molar-refractivity contribution is -0.119. The van der Waals surface area contributed by atoms with Crippen LogP contribution in [-0.4, -0.2) is 42.2 Å². The normalized spacial score (nSPS) is 13.0. The van der Waals surface area contributed by atoms with E-state index in [1.807, 2.05) is 6.92 Å². The van der Waals surface area contributed by atoms with Gasteiger partial charge in [0.2, 0.25) is 5.91 Å². The van der Waals surface area contributed by atoms with E-state index in [1.54, 1.807) is 0 Å². The zero-order valence-electron chi connectivity index (χ0n) is 8.71. The number of carbonyl (C=O) groups is 1. The van der Waals surface area contributed by atoms with Gasteiger partial charge < -0.3 is 10.2 Å². The van der Waals surface area contributed by atoms with Crippen LogP contribution < -0.4 is 5.32 Å². The molecule has 3 nitrogen and oxygen atoms in total. The van der Waals surface area contributed by atoms with E-state index in [-0.39, 0.29) is 17.7 Å². The second-order valence-electron chi connectivity index (χ2n) is 3.11. The molecule has 0 spiro atoms. The van der Waals surface area contributed by atoms with E-state index in [0.717, 1.165) is 19.6 Å². The summed E-state index contributed by atoms with van der Waals surface area (Å²) in [6.07, 6.45) is 0. The van der Waals surface area contributed by atoms with Gasteiger partial charge in [0.05, 0.1) is 5.75 Å². The molecule has 78 valence electrons. The maximum atomic E-state index is 11.0. The van der Waals surface area contributed by atoms with E-state index in [9.17, 15) is 4.79 Å². The summed E-state index contributed by atoms with van der Waals surface area (Å²) in [5.74, 6) is 0.269. The number of nitrogens with zero attached hydrogens (tertiary/aromatic N) is 1. The van der Waals surface area contributed by atoms with Gasteiger partial charge >= 0.3 is 0 Å². The van der Waals surface area contributed by atoms with Gasteiger partial charge in [-0.1, -0.05) is 13.8 Å². The number of hydrogen-bond donors (Lipinski definition) is 2. The van der Waals surface area contributed by atoms with Crippen molar-refractivity contribution >= 4 is 18.5 Å². The van der Waals surface area contributed by atoms with E-state index in [4.69, 9.17) is 0 Å². The van der Waals surface area contributed by atoms with E-state index >= 15 is 0 Å². The Hall–Kier alpha value is -0.220. The minimum atomic E-state index is 0.00277. The molecule has 4 heteroatoms. The second kappa shape index (κ2) is 7.21. The molecule has 0 aromatic carbocycles. The van der Waals surface area contributed by atoms with Gasteiger partial charge in [-0.25, -0.2) is 0 Å². The number of hydrogen-bond acceptors (Lipinski definition) is 3. The van der Waals surface area contributed by atoms with Crippen LogP contribution in [0.5, 0.6) is 0 Å². The highest BCUT2D eigenvalue weighted by Crippen LogP contribution is 1.91. The average Bonchev–Trinajstić information content (AvgIpc) is 2.13. The summed E-state index contributed by atoms with van der Waals surface area (Å²) in [4.78, 5) is 13.3. The lowest BCUT2D eigenvalue weighted by Crippen LogP contribution is -2.42. The van der Waals surface area contributed by atoms with Crippen molar-refractivity contribution in [2.45, 2.75) is 26.8 Å². The minimum absolute atomic E-state index is 0.00277. The lowest BCUT2D eigenvalue weighted by Gasteiger charge is -2.23. The fourth-order valence-electron chi connectivity index (χ4n) is 1.24. The number of rotatable bonds is 6. The second-order valence-corrected chi connectivity index (χ2v) is 3.43. The molecule has 0 fully saturated rings. The molecular formula is C9H20N2OS. The third-order valence-electron chi connectivity index (χ3n) is 1.98. The molecule has 0 radical (unpaired) electrons. The molecule has 0 saturated heterocycles. The predicted molar refractivity (Wildman–Crippen MR) is 59.2 cm³/mol. The van der Waals surface area contributed by atoms with E-state index in [1.165, 1.54) is 0 Å². The van der Waals surface area contributed by atoms with E-state index in [2.05, 4.69) is 36.7 Å². The summed E-state index contributed by atoms with van der Waals surface area (Å²) in [7, 11) is 0. The first-order chi connectivity index (χ1) is 6.13. The maximum absolute atomic E-state index is 11.0. The summed E-state index contributed by atoms with van der Waals surface area (Å²) in [6.45, 7) is 9.22. The topological polar surface area (TPSA) is 32.3 Å². The monoisotopic (exact) mass is 204 g/mol. The molecular weight excluding hydrogens is 184 g/mol. The molecule has 0 aliphatic heterocycles. The van der Waals surface area contributed by atoms with Gasteiger partial charge in [-0.15, -0.1) is 0 Å². The van der Waals surface area contributed by atoms with Crippen LogP contribution in [0.3, 0.4) is 0 Å². The SMILES string of the molecule is CCN(CC)CC(C)NC(=O)CS. The van der Waals surface area contributed by atoms with Crippen molar-refractivity contribution in [2.24, 2.45) is 0 Å². The largest absolute Gasteiger partial charge is 0.352 e. The first-order valence-electron chi connectivity index (χ1n) is 4.76. The lowest BCUT2D eigenvalue weighted by atomic mass is 10.3. The molecule has 1 amide bonds. The number of likely N-dealkylation sites (N-methyl/N-ethyl adjacent to an activating group) is 1. The Labute approximate surface area is 86.3 Å². The smallest absolute Gasteiger partial charge is 0.229 e. The first kappa shape index (κ1) is 12.8. The van der Waals surface area contributed by atoms with Gasteiger partial charge in [0.15, 0.2) is 0 Å². The van der Waals surface area contributed by atoms with Crippen LogP contribution >= 0.6 is 12.6 Å². The minimum Gasteiger partial charge on any atom is -0.352 e. The van der Waals surface area contributed by atoms with Crippen molar-refractivity contribution in [1.29, 1.82) is 0 Å². The maximum Gasteiger partial charge on any atom is 0.229 e. The summed E-state index contributed by atoms with van der Waals surface area (Å²) < 4.78 is 0. The Kier molecular flexibility index (Phi) is 7.09. The Morgan fingerprint density at radius 2 is 2.00 bits per heavy atom. The summed E-state index contributed by atoms with van der Waals surface area (Å²) in [5.41, 5.74) is 0. The van der Waals surface area contributed by atoms with Crippen molar-refractivity contribution in [3.63, 3.8) is 0 Å². The van der Waals surface area contributed by atoms with Gasteiger partial charge in [0.1, 0.15) is 0 Å². The van der Waals surface area contributed by atoms with Crippen LogP contribution in [0.25, 0.3) is 0 Å². The van der Waals surface area contributed by atoms with Crippen molar-refractivity contribution in [1.82, 2.24) is 10.2 Å².